The van der Waals surface area contributed by atoms with Gasteiger partial charge in [0.2, 0.25) is 0 Å². The molecule has 0 unspecified atom stereocenters. The van der Waals surface area contributed by atoms with Crippen LogP contribution in [0.4, 0.5) is 5.69 Å². The molecule has 4 rings (SSSR count). The first kappa shape index (κ1) is 21.6. The van der Waals surface area contributed by atoms with Crippen molar-refractivity contribution in [3.8, 4) is 23.1 Å². The van der Waals surface area contributed by atoms with Gasteiger partial charge in [-0.3, -0.25) is 4.79 Å². The molecular formula is C24H19N3O6. The van der Waals surface area contributed by atoms with E-state index in [1.165, 1.54) is 38.5 Å². The number of nitrogens with zero attached hydrogens (tertiary/aromatic N) is 2. The van der Waals surface area contributed by atoms with Crippen LogP contribution in [-0.2, 0) is 0 Å². The van der Waals surface area contributed by atoms with Crippen LogP contribution in [0.1, 0.15) is 20.8 Å². The van der Waals surface area contributed by atoms with Crippen molar-refractivity contribution in [3.05, 3.63) is 78.0 Å². The van der Waals surface area contributed by atoms with E-state index in [2.05, 4.69) is 15.3 Å². The number of methoxy groups -OCH3 is 2. The summed E-state index contributed by atoms with van der Waals surface area (Å²) in [5, 5.41) is 11.7. The molecule has 0 fully saturated rings. The normalized spacial score (nSPS) is 10.5. The average molecular weight is 445 g/mol. The molecule has 33 heavy (non-hydrogen) atoms. The van der Waals surface area contributed by atoms with Gasteiger partial charge in [0.15, 0.2) is 17.2 Å². The zero-order chi connectivity index (χ0) is 23.4. The summed E-state index contributed by atoms with van der Waals surface area (Å²) in [7, 11) is 3.03. The predicted octanol–water partition coefficient (Wildman–Crippen LogP) is 4.39. The molecule has 166 valence electrons. The Morgan fingerprint density at radius 2 is 1.55 bits per heavy atom. The molecule has 0 saturated heterocycles. The molecular weight excluding hydrogens is 426 g/mol. The number of nitrogens with one attached hydrogen (secondary N) is 1. The Labute approximate surface area is 188 Å². The van der Waals surface area contributed by atoms with Crippen LogP contribution >= 0.6 is 0 Å². The standard InChI is InChI=1S/C24H19N3O6/c1-31-16-11-12-19(20(13-16)32-2)33-23-21(26-17-5-3-4-6-18(17)27-23)22(28)25-15-9-7-14(8-10-15)24(29)30/h3-13H,1-2H3,(H,25,28)(H,29,30). The lowest BCUT2D eigenvalue weighted by molar-refractivity contribution is 0.0696. The maximum absolute atomic E-state index is 13.1. The van der Waals surface area contributed by atoms with Crippen molar-refractivity contribution in [1.29, 1.82) is 0 Å². The molecule has 1 aromatic heterocycles. The minimum absolute atomic E-state index is 0.0168. The number of rotatable bonds is 7. The molecule has 0 aliphatic rings. The molecule has 1 heterocycles. The van der Waals surface area contributed by atoms with E-state index in [1.54, 1.807) is 42.5 Å². The van der Waals surface area contributed by atoms with Gasteiger partial charge in [0.05, 0.1) is 30.8 Å². The van der Waals surface area contributed by atoms with Crippen molar-refractivity contribution < 1.29 is 28.9 Å². The fraction of sp³-hybridized carbons (Fsp3) is 0.0833. The summed E-state index contributed by atoms with van der Waals surface area (Å²) in [4.78, 5) is 33.1. The number of carbonyl (C=O) groups is 2. The third-order valence-corrected chi connectivity index (χ3v) is 4.72. The van der Waals surface area contributed by atoms with E-state index in [-0.39, 0.29) is 17.1 Å². The highest BCUT2D eigenvalue weighted by Crippen LogP contribution is 2.35. The van der Waals surface area contributed by atoms with Gasteiger partial charge in [-0.05, 0) is 48.5 Å². The second-order valence-corrected chi connectivity index (χ2v) is 6.82. The Balaban J connectivity index is 1.72. The zero-order valence-corrected chi connectivity index (χ0v) is 17.7. The molecule has 0 aliphatic heterocycles. The first-order valence-electron chi connectivity index (χ1n) is 9.80. The highest BCUT2D eigenvalue weighted by Gasteiger charge is 2.20. The van der Waals surface area contributed by atoms with Crippen molar-refractivity contribution in [2.24, 2.45) is 0 Å². The van der Waals surface area contributed by atoms with Crippen LogP contribution in [0, 0.1) is 0 Å². The molecule has 1 amide bonds. The van der Waals surface area contributed by atoms with Gasteiger partial charge in [-0.2, -0.15) is 0 Å². The molecule has 0 atom stereocenters. The summed E-state index contributed by atoms with van der Waals surface area (Å²) >= 11 is 0. The molecule has 2 N–H and O–H groups in total. The van der Waals surface area contributed by atoms with Gasteiger partial charge in [-0.15, -0.1) is 0 Å². The molecule has 0 aliphatic carbocycles. The molecule has 0 bridgehead atoms. The van der Waals surface area contributed by atoms with E-state index in [9.17, 15) is 9.59 Å². The smallest absolute Gasteiger partial charge is 0.335 e. The fourth-order valence-electron chi connectivity index (χ4n) is 3.05. The summed E-state index contributed by atoms with van der Waals surface area (Å²) in [6.45, 7) is 0. The summed E-state index contributed by atoms with van der Waals surface area (Å²) < 4.78 is 16.5. The maximum atomic E-state index is 13.1. The summed E-state index contributed by atoms with van der Waals surface area (Å²) in [5.41, 5.74) is 1.51. The molecule has 0 radical (unpaired) electrons. The lowest BCUT2D eigenvalue weighted by atomic mass is 10.2. The minimum Gasteiger partial charge on any atom is -0.497 e. The number of para-hydroxylation sites is 2. The van der Waals surface area contributed by atoms with E-state index in [0.717, 1.165) is 0 Å². The van der Waals surface area contributed by atoms with Crippen LogP contribution in [0.25, 0.3) is 11.0 Å². The van der Waals surface area contributed by atoms with Crippen LogP contribution in [0.3, 0.4) is 0 Å². The van der Waals surface area contributed by atoms with E-state index in [4.69, 9.17) is 19.3 Å². The van der Waals surface area contributed by atoms with E-state index in [0.29, 0.717) is 34.0 Å². The van der Waals surface area contributed by atoms with Crippen molar-refractivity contribution in [1.82, 2.24) is 9.97 Å². The third-order valence-electron chi connectivity index (χ3n) is 4.72. The number of amides is 1. The Kier molecular flexibility index (Phi) is 6.03. The predicted molar refractivity (Wildman–Crippen MR) is 121 cm³/mol. The van der Waals surface area contributed by atoms with Crippen molar-refractivity contribution in [2.45, 2.75) is 0 Å². The van der Waals surface area contributed by atoms with Crippen molar-refractivity contribution in [3.63, 3.8) is 0 Å². The Bertz CT molecular complexity index is 1340. The molecule has 9 heteroatoms. The number of carbonyl (C=O) groups excluding carboxylic acids is 1. The second-order valence-electron chi connectivity index (χ2n) is 6.82. The van der Waals surface area contributed by atoms with Gasteiger partial charge in [0.25, 0.3) is 11.8 Å². The van der Waals surface area contributed by atoms with E-state index in [1.807, 2.05) is 0 Å². The van der Waals surface area contributed by atoms with Crippen LogP contribution in [0.15, 0.2) is 66.7 Å². The number of hydrogen-bond acceptors (Lipinski definition) is 7. The van der Waals surface area contributed by atoms with Crippen LogP contribution in [-0.4, -0.2) is 41.2 Å². The van der Waals surface area contributed by atoms with Crippen LogP contribution in [0.2, 0.25) is 0 Å². The average Bonchev–Trinajstić information content (AvgIpc) is 2.84. The highest BCUT2D eigenvalue weighted by molar-refractivity contribution is 6.05. The van der Waals surface area contributed by atoms with Gasteiger partial charge in [0.1, 0.15) is 5.75 Å². The van der Waals surface area contributed by atoms with Gasteiger partial charge >= 0.3 is 5.97 Å². The Morgan fingerprint density at radius 1 is 0.848 bits per heavy atom. The Hall–Kier alpha value is -4.66. The Morgan fingerprint density at radius 3 is 2.18 bits per heavy atom. The SMILES string of the molecule is COc1ccc(Oc2nc3ccccc3nc2C(=O)Nc2ccc(C(=O)O)cc2)c(OC)c1. The topological polar surface area (TPSA) is 120 Å². The van der Waals surface area contributed by atoms with Crippen molar-refractivity contribution in [2.75, 3.05) is 19.5 Å². The van der Waals surface area contributed by atoms with Gasteiger partial charge in [0, 0.05) is 11.8 Å². The highest BCUT2D eigenvalue weighted by atomic mass is 16.5. The number of anilines is 1. The molecule has 0 spiro atoms. The third kappa shape index (κ3) is 4.67. The monoisotopic (exact) mass is 445 g/mol. The number of carboxylic acids is 1. The summed E-state index contributed by atoms with van der Waals surface area (Å²) in [6.07, 6.45) is 0. The lowest BCUT2D eigenvalue weighted by Gasteiger charge is -2.14. The number of carboxylic acid groups (broad SMARTS) is 1. The maximum Gasteiger partial charge on any atom is 0.335 e. The first-order valence-corrected chi connectivity index (χ1v) is 9.80. The largest absolute Gasteiger partial charge is 0.497 e. The van der Waals surface area contributed by atoms with Gasteiger partial charge < -0.3 is 24.6 Å². The van der Waals surface area contributed by atoms with Gasteiger partial charge in [-0.25, -0.2) is 14.8 Å². The molecule has 9 nitrogen and oxygen atoms in total. The first-order chi connectivity index (χ1) is 16.0. The summed E-state index contributed by atoms with van der Waals surface area (Å²) in [5.74, 6) is -0.359. The number of aromatic carboxylic acids is 1. The fourth-order valence-corrected chi connectivity index (χ4v) is 3.05. The number of hydrogen-bond donors (Lipinski definition) is 2. The molecule has 0 saturated carbocycles. The molecule has 3 aromatic carbocycles. The van der Waals surface area contributed by atoms with Gasteiger partial charge in [-0.1, -0.05) is 12.1 Å². The zero-order valence-electron chi connectivity index (χ0n) is 17.7. The van der Waals surface area contributed by atoms with Crippen LogP contribution in [0.5, 0.6) is 23.1 Å². The van der Waals surface area contributed by atoms with E-state index >= 15 is 0 Å². The number of fused-ring (bicyclic) bond motifs is 1. The minimum atomic E-state index is -1.06. The number of ether oxygens (including phenoxy) is 3. The van der Waals surface area contributed by atoms with E-state index < -0.39 is 11.9 Å². The van der Waals surface area contributed by atoms with Crippen LogP contribution < -0.4 is 19.5 Å². The summed E-state index contributed by atoms with van der Waals surface area (Å²) in [6, 6.07) is 17.8. The number of aromatic nitrogens is 2. The van der Waals surface area contributed by atoms with Crippen molar-refractivity contribution >= 4 is 28.6 Å². The quantitative estimate of drug-likeness (QED) is 0.430. The molecule has 4 aromatic rings. The number of benzene rings is 3. The lowest BCUT2D eigenvalue weighted by Crippen LogP contribution is -2.16. The second kappa shape index (κ2) is 9.23.